The average Bonchev–Trinajstić information content (AvgIpc) is 2.90. The lowest BCUT2D eigenvalue weighted by Gasteiger charge is -2.26. The van der Waals surface area contributed by atoms with Crippen molar-refractivity contribution >= 4 is 16.0 Å². The zero-order chi connectivity index (χ0) is 14.6. The van der Waals surface area contributed by atoms with Crippen LogP contribution in [0.3, 0.4) is 0 Å². The van der Waals surface area contributed by atoms with E-state index in [0.29, 0.717) is 19.8 Å². The SMILES string of the molecule is O=C(O)c1cc(S(=O)(=O)NCCN2CCOCC2)c[nH]1. The summed E-state index contributed by atoms with van der Waals surface area (Å²) in [5.74, 6) is -1.19. The zero-order valence-corrected chi connectivity index (χ0v) is 11.6. The van der Waals surface area contributed by atoms with E-state index in [0.717, 1.165) is 19.2 Å². The number of carboxylic acids is 1. The second-order valence-corrected chi connectivity index (χ2v) is 6.17. The third-order valence-corrected chi connectivity index (χ3v) is 4.46. The van der Waals surface area contributed by atoms with E-state index in [-0.39, 0.29) is 17.1 Å². The number of H-pyrrole nitrogens is 1. The molecule has 0 aliphatic carbocycles. The second kappa shape index (κ2) is 6.35. The molecular formula is C11H17N3O5S. The Balaban J connectivity index is 1.88. The minimum atomic E-state index is -3.68. The summed E-state index contributed by atoms with van der Waals surface area (Å²) in [7, 11) is -3.68. The number of sulfonamides is 1. The molecule has 2 heterocycles. The Labute approximate surface area is 116 Å². The molecule has 0 radical (unpaired) electrons. The molecule has 1 aliphatic rings. The van der Waals surface area contributed by atoms with Crippen LogP contribution in [-0.4, -0.2) is 68.8 Å². The molecule has 0 aromatic carbocycles. The third kappa shape index (κ3) is 3.79. The zero-order valence-electron chi connectivity index (χ0n) is 10.8. The number of ether oxygens (including phenoxy) is 1. The van der Waals surface area contributed by atoms with Crippen LogP contribution in [0.4, 0.5) is 0 Å². The number of nitrogens with zero attached hydrogens (tertiary/aromatic N) is 1. The van der Waals surface area contributed by atoms with Crippen LogP contribution in [0.15, 0.2) is 17.2 Å². The van der Waals surface area contributed by atoms with E-state index in [4.69, 9.17) is 9.84 Å². The van der Waals surface area contributed by atoms with Gasteiger partial charge in [-0.25, -0.2) is 17.9 Å². The summed E-state index contributed by atoms with van der Waals surface area (Å²) in [4.78, 5) is 15.1. The number of aromatic amines is 1. The molecule has 20 heavy (non-hydrogen) atoms. The van der Waals surface area contributed by atoms with E-state index >= 15 is 0 Å². The fourth-order valence-corrected chi connectivity index (χ4v) is 2.91. The Morgan fingerprint density at radius 1 is 1.45 bits per heavy atom. The fourth-order valence-electron chi connectivity index (χ4n) is 1.90. The fraction of sp³-hybridized carbons (Fsp3) is 0.545. The van der Waals surface area contributed by atoms with E-state index in [9.17, 15) is 13.2 Å². The van der Waals surface area contributed by atoms with Crippen LogP contribution >= 0.6 is 0 Å². The van der Waals surface area contributed by atoms with Crippen LogP contribution in [0.25, 0.3) is 0 Å². The Kier molecular flexibility index (Phi) is 4.76. The first kappa shape index (κ1) is 15.0. The van der Waals surface area contributed by atoms with E-state index < -0.39 is 16.0 Å². The first-order valence-corrected chi connectivity index (χ1v) is 7.69. The molecule has 9 heteroatoms. The number of aromatic carboxylic acids is 1. The highest BCUT2D eigenvalue weighted by molar-refractivity contribution is 7.89. The van der Waals surface area contributed by atoms with Gasteiger partial charge in [-0.2, -0.15) is 0 Å². The van der Waals surface area contributed by atoms with Crippen LogP contribution in [-0.2, 0) is 14.8 Å². The number of rotatable bonds is 6. The number of morpholine rings is 1. The standard InChI is InChI=1S/C11H17N3O5S/c15-11(16)10-7-9(8-12-10)20(17,18)13-1-2-14-3-5-19-6-4-14/h7-8,12-13H,1-6H2,(H,15,16). The van der Waals surface area contributed by atoms with Crippen molar-refractivity contribution in [2.75, 3.05) is 39.4 Å². The second-order valence-electron chi connectivity index (χ2n) is 4.41. The van der Waals surface area contributed by atoms with Gasteiger partial charge in [-0.3, -0.25) is 4.90 Å². The molecular weight excluding hydrogens is 286 g/mol. The van der Waals surface area contributed by atoms with Crippen LogP contribution < -0.4 is 4.72 Å². The van der Waals surface area contributed by atoms with Gasteiger partial charge < -0.3 is 14.8 Å². The minimum absolute atomic E-state index is 0.0723. The number of carboxylic acid groups (broad SMARTS) is 1. The highest BCUT2D eigenvalue weighted by atomic mass is 32.2. The smallest absolute Gasteiger partial charge is 0.352 e. The van der Waals surface area contributed by atoms with E-state index in [1.807, 2.05) is 0 Å². The van der Waals surface area contributed by atoms with E-state index in [1.54, 1.807) is 0 Å². The lowest BCUT2D eigenvalue weighted by Crippen LogP contribution is -2.41. The first-order valence-electron chi connectivity index (χ1n) is 6.20. The number of nitrogens with one attached hydrogen (secondary N) is 2. The molecule has 0 atom stereocenters. The Hall–Kier alpha value is -1.42. The van der Waals surface area contributed by atoms with Gasteiger partial charge in [0.25, 0.3) is 0 Å². The minimum Gasteiger partial charge on any atom is -0.477 e. The van der Waals surface area contributed by atoms with E-state index in [2.05, 4.69) is 14.6 Å². The van der Waals surface area contributed by atoms with Crippen LogP contribution in [0.5, 0.6) is 0 Å². The molecule has 112 valence electrons. The predicted octanol–water partition coefficient (Wildman–Crippen LogP) is -0.677. The molecule has 1 aromatic heterocycles. The van der Waals surface area contributed by atoms with Gasteiger partial charge in [0.05, 0.1) is 13.2 Å². The van der Waals surface area contributed by atoms with Gasteiger partial charge in [0, 0.05) is 32.4 Å². The molecule has 3 N–H and O–H groups in total. The van der Waals surface area contributed by atoms with Crippen LogP contribution in [0.1, 0.15) is 10.5 Å². The molecule has 1 aliphatic heterocycles. The van der Waals surface area contributed by atoms with E-state index in [1.165, 1.54) is 6.20 Å². The van der Waals surface area contributed by atoms with Crippen molar-refractivity contribution < 1.29 is 23.1 Å². The summed E-state index contributed by atoms with van der Waals surface area (Å²) >= 11 is 0. The van der Waals surface area contributed by atoms with Crippen LogP contribution in [0, 0.1) is 0 Å². The summed E-state index contributed by atoms with van der Waals surface area (Å²) in [6.45, 7) is 3.76. The number of hydrogen-bond acceptors (Lipinski definition) is 5. The Morgan fingerprint density at radius 3 is 2.75 bits per heavy atom. The van der Waals surface area contributed by atoms with Gasteiger partial charge in [0.15, 0.2) is 0 Å². The molecule has 0 bridgehead atoms. The lowest BCUT2D eigenvalue weighted by atomic mass is 10.4. The number of carbonyl (C=O) groups is 1. The largest absolute Gasteiger partial charge is 0.477 e. The predicted molar refractivity (Wildman–Crippen MR) is 70.2 cm³/mol. The molecule has 1 aromatic rings. The third-order valence-electron chi connectivity index (χ3n) is 3.02. The Morgan fingerprint density at radius 2 is 2.15 bits per heavy atom. The van der Waals surface area contributed by atoms with Crippen molar-refractivity contribution in [1.29, 1.82) is 0 Å². The topological polar surface area (TPSA) is 112 Å². The average molecular weight is 303 g/mol. The molecule has 0 amide bonds. The first-order chi connectivity index (χ1) is 9.49. The monoisotopic (exact) mass is 303 g/mol. The van der Waals surface area contributed by atoms with Crippen molar-refractivity contribution in [2.24, 2.45) is 0 Å². The van der Waals surface area contributed by atoms with Crippen molar-refractivity contribution in [1.82, 2.24) is 14.6 Å². The maximum absolute atomic E-state index is 11.9. The molecule has 0 unspecified atom stereocenters. The normalized spacial score (nSPS) is 17.2. The van der Waals surface area contributed by atoms with Gasteiger partial charge in [-0.15, -0.1) is 0 Å². The van der Waals surface area contributed by atoms with Gasteiger partial charge in [-0.1, -0.05) is 0 Å². The summed E-state index contributed by atoms with van der Waals surface area (Å²) < 4.78 is 31.5. The maximum Gasteiger partial charge on any atom is 0.352 e. The molecule has 2 rings (SSSR count). The summed E-state index contributed by atoms with van der Waals surface area (Å²) in [6.07, 6.45) is 1.17. The summed E-state index contributed by atoms with van der Waals surface area (Å²) in [6, 6.07) is 1.10. The number of hydrogen-bond donors (Lipinski definition) is 3. The van der Waals surface area contributed by atoms with Crippen molar-refractivity contribution in [3.05, 3.63) is 18.0 Å². The maximum atomic E-state index is 11.9. The molecule has 0 saturated carbocycles. The number of aromatic nitrogens is 1. The van der Waals surface area contributed by atoms with Crippen LogP contribution in [0.2, 0.25) is 0 Å². The summed E-state index contributed by atoms with van der Waals surface area (Å²) in [5.41, 5.74) is -0.154. The van der Waals surface area contributed by atoms with Crippen molar-refractivity contribution in [3.8, 4) is 0 Å². The van der Waals surface area contributed by atoms with Crippen molar-refractivity contribution in [2.45, 2.75) is 4.90 Å². The molecule has 1 fully saturated rings. The lowest BCUT2D eigenvalue weighted by molar-refractivity contribution is 0.0390. The Bertz CT molecular complexity index is 562. The van der Waals surface area contributed by atoms with Gasteiger partial charge in [0.1, 0.15) is 10.6 Å². The van der Waals surface area contributed by atoms with Gasteiger partial charge >= 0.3 is 5.97 Å². The quantitative estimate of drug-likeness (QED) is 0.642. The van der Waals surface area contributed by atoms with Gasteiger partial charge in [0.2, 0.25) is 10.0 Å². The molecule has 8 nitrogen and oxygen atoms in total. The summed E-state index contributed by atoms with van der Waals surface area (Å²) in [5, 5.41) is 8.75. The molecule has 1 saturated heterocycles. The molecule has 0 spiro atoms. The highest BCUT2D eigenvalue weighted by Crippen LogP contribution is 2.10. The van der Waals surface area contributed by atoms with Crippen molar-refractivity contribution in [3.63, 3.8) is 0 Å². The highest BCUT2D eigenvalue weighted by Gasteiger charge is 2.18. The van der Waals surface area contributed by atoms with Gasteiger partial charge in [-0.05, 0) is 6.07 Å².